The lowest BCUT2D eigenvalue weighted by molar-refractivity contribution is -0.173. The van der Waals surface area contributed by atoms with Gasteiger partial charge in [-0.25, -0.2) is 0 Å². The van der Waals surface area contributed by atoms with Gasteiger partial charge in [0, 0.05) is 18.5 Å². The van der Waals surface area contributed by atoms with Gasteiger partial charge in [0.2, 0.25) is 5.91 Å². The first-order valence-corrected chi connectivity index (χ1v) is 7.19. The molecule has 1 aliphatic rings. The van der Waals surface area contributed by atoms with E-state index in [2.05, 4.69) is 0 Å². The van der Waals surface area contributed by atoms with E-state index in [4.69, 9.17) is 5.26 Å². The predicted octanol–water partition coefficient (Wildman–Crippen LogP) is 2.89. The van der Waals surface area contributed by atoms with Crippen molar-refractivity contribution in [1.29, 1.82) is 5.26 Å². The van der Waals surface area contributed by atoms with Crippen molar-refractivity contribution in [3.63, 3.8) is 0 Å². The second-order valence-electron chi connectivity index (χ2n) is 6.36. The van der Waals surface area contributed by atoms with Crippen molar-refractivity contribution in [3.05, 3.63) is 35.4 Å². The summed E-state index contributed by atoms with van der Waals surface area (Å²) in [5, 5.41) is 8.76. The molecule has 0 radical (unpaired) electrons. The Kier molecular flexibility index (Phi) is 4.66. The third-order valence-corrected chi connectivity index (χ3v) is 3.85. The van der Waals surface area contributed by atoms with Crippen LogP contribution < -0.4 is 0 Å². The van der Waals surface area contributed by atoms with Crippen molar-refractivity contribution in [3.8, 4) is 6.07 Å². The summed E-state index contributed by atoms with van der Waals surface area (Å²) in [6.45, 7) is 2.58. The lowest BCUT2D eigenvalue weighted by atomic mass is 9.88. The second-order valence-corrected chi connectivity index (χ2v) is 6.36. The van der Waals surface area contributed by atoms with E-state index in [9.17, 15) is 18.0 Å². The van der Waals surface area contributed by atoms with Crippen LogP contribution in [0.3, 0.4) is 0 Å². The number of likely N-dealkylation sites (tertiary alicyclic amines) is 1. The number of carbonyl (C=O) groups is 1. The third-order valence-electron chi connectivity index (χ3n) is 3.85. The van der Waals surface area contributed by atoms with Crippen LogP contribution >= 0.6 is 0 Å². The van der Waals surface area contributed by atoms with Gasteiger partial charge in [0.1, 0.15) is 0 Å². The SMILES string of the molecule is CC1(C)CC(=O)N1CN(Cc1ccc(C#N)cc1)CC(F)(F)F. The number of halogens is 3. The molecule has 7 heteroatoms. The van der Waals surface area contributed by atoms with Crippen LogP contribution in [0.4, 0.5) is 13.2 Å². The van der Waals surface area contributed by atoms with Gasteiger partial charge in [-0.15, -0.1) is 0 Å². The number of β-lactam (4-membered cyclic amide) rings is 1. The van der Waals surface area contributed by atoms with Gasteiger partial charge >= 0.3 is 6.18 Å². The summed E-state index contributed by atoms with van der Waals surface area (Å²) in [7, 11) is 0. The molecule has 1 saturated heterocycles. The molecule has 23 heavy (non-hydrogen) atoms. The van der Waals surface area contributed by atoms with Crippen molar-refractivity contribution >= 4 is 5.91 Å². The molecule has 1 amide bonds. The predicted molar refractivity (Wildman–Crippen MR) is 78.0 cm³/mol. The van der Waals surface area contributed by atoms with Crippen LogP contribution in [0.15, 0.2) is 24.3 Å². The Morgan fingerprint density at radius 1 is 1.30 bits per heavy atom. The summed E-state index contributed by atoms with van der Waals surface area (Å²) in [6, 6.07) is 8.36. The fraction of sp³-hybridized carbons (Fsp3) is 0.500. The smallest absolute Gasteiger partial charge is 0.324 e. The van der Waals surface area contributed by atoms with Crippen LogP contribution in [0.5, 0.6) is 0 Å². The van der Waals surface area contributed by atoms with E-state index in [1.54, 1.807) is 24.3 Å². The van der Waals surface area contributed by atoms with E-state index in [0.717, 1.165) is 0 Å². The topological polar surface area (TPSA) is 47.3 Å². The lowest BCUT2D eigenvalue weighted by Gasteiger charge is -2.49. The molecule has 124 valence electrons. The van der Waals surface area contributed by atoms with Crippen molar-refractivity contribution in [2.45, 2.75) is 38.5 Å². The van der Waals surface area contributed by atoms with Crippen LogP contribution in [0.2, 0.25) is 0 Å². The molecule has 0 spiro atoms. The van der Waals surface area contributed by atoms with Gasteiger partial charge in [0.25, 0.3) is 0 Å². The average molecular weight is 325 g/mol. The lowest BCUT2D eigenvalue weighted by Crippen LogP contribution is -2.63. The Bertz CT molecular complexity index is 617. The molecule has 1 fully saturated rings. The van der Waals surface area contributed by atoms with Gasteiger partial charge in [0.15, 0.2) is 0 Å². The van der Waals surface area contributed by atoms with Crippen molar-refractivity contribution in [1.82, 2.24) is 9.80 Å². The first-order valence-electron chi connectivity index (χ1n) is 7.19. The largest absolute Gasteiger partial charge is 0.401 e. The Morgan fingerprint density at radius 3 is 2.35 bits per heavy atom. The van der Waals surface area contributed by atoms with Crippen LogP contribution in [0.1, 0.15) is 31.4 Å². The van der Waals surface area contributed by atoms with E-state index in [1.807, 2.05) is 19.9 Å². The monoisotopic (exact) mass is 325 g/mol. The molecule has 1 aromatic carbocycles. The molecule has 0 saturated carbocycles. The van der Waals surface area contributed by atoms with E-state index in [1.165, 1.54) is 9.80 Å². The van der Waals surface area contributed by atoms with E-state index >= 15 is 0 Å². The molecule has 0 unspecified atom stereocenters. The molecule has 1 aromatic rings. The van der Waals surface area contributed by atoms with Crippen molar-refractivity contribution in [2.75, 3.05) is 13.2 Å². The number of nitrogens with zero attached hydrogens (tertiary/aromatic N) is 3. The molecule has 4 nitrogen and oxygen atoms in total. The highest BCUT2D eigenvalue weighted by molar-refractivity contribution is 5.84. The normalized spacial score (nSPS) is 17.1. The fourth-order valence-corrected chi connectivity index (χ4v) is 2.63. The number of benzene rings is 1. The summed E-state index contributed by atoms with van der Waals surface area (Å²) >= 11 is 0. The van der Waals surface area contributed by atoms with E-state index in [0.29, 0.717) is 17.5 Å². The summed E-state index contributed by atoms with van der Waals surface area (Å²) in [5.74, 6) is -0.137. The number of alkyl halides is 3. The van der Waals surface area contributed by atoms with Crippen LogP contribution in [0.25, 0.3) is 0 Å². The maximum Gasteiger partial charge on any atom is 0.401 e. The van der Waals surface area contributed by atoms with Gasteiger partial charge in [0.05, 0.1) is 24.8 Å². The number of amides is 1. The molecular weight excluding hydrogens is 307 g/mol. The second kappa shape index (κ2) is 6.20. The van der Waals surface area contributed by atoms with Gasteiger partial charge < -0.3 is 4.90 Å². The summed E-state index contributed by atoms with van der Waals surface area (Å²) in [5.41, 5.74) is 0.709. The van der Waals surface area contributed by atoms with Gasteiger partial charge in [-0.1, -0.05) is 12.1 Å². The number of hydrogen-bond donors (Lipinski definition) is 0. The minimum Gasteiger partial charge on any atom is -0.324 e. The Labute approximate surface area is 133 Å². The number of nitriles is 1. The zero-order valence-electron chi connectivity index (χ0n) is 13.0. The Hall–Kier alpha value is -2.07. The maximum atomic E-state index is 12.8. The van der Waals surface area contributed by atoms with Crippen molar-refractivity contribution < 1.29 is 18.0 Å². The zero-order chi connectivity index (χ0) is 17.3. The molecule has 0 atom stereocenters. The summed E-state index contributed by atoms with van der Waals surface area (Å²) in [4.78, 5) is 14.3. The molecular formula is C16H18F3N3O. The molecule has 1 aliphatic heterocycles. The number of rotatable bonds is 5. The molecule has 1 heterocycles. The van der Waals surface area contributed by atoms with Crippen LogP contribution in [0, 0.1) is 11.3 Å². The van der Waals surface area contributed by atoms with Gasteiger partial charge in [-0.05, 0) is 31.5 Å². The molecule has 0 bridgehead atoms. The minimum absolute atomic E-state index is 0.0606. The summed E-state index contributed by atoms with van der Waals surface area (Å²) < 4.78 is 38.4. The molecule has 0 aliphatic carbocycles. The van der Waals surface area contributed by atoms with E-state index < -0.39 is 18.3 Å². The van der Waals surface area contributed by atoms with Crippen LogP contribution in [-0.4, -0.2) is 40.6 Å². The number of hydrogen-bond acceptors (Lipinski definition) is 3. The highest BCUT2D eigenvalue weighted by atomic mass is 19.4. The fourth-order valence-electron chi connectivity index (χ4n) is 2.63. The van der Waals surface area contributed by atoms with Crippen LogP contribution in [-0.2, 0) is 11.3 Å². The van der Waals surface area contributed by atoms with E-state index in [-0.39, 0.29) is 19.1 Å². The highest BCUT2D eigenvalue weighted by Crippen LogP contribution is 2.31. The maximum absolute atomic E-state index is 12.8. The standard InChI is InChI=1S/C16H18F3N3O/c1-15(2)7-14(23)22(15)11-21(10-16(17,18)19)9-13-5-3-12(8-20)4-6-13/h3-6H,7,9-11H2,1-2H3. The Balaban J connectivity index is 2.10. The van der Waals surface area contributed by atoms with Crippen molar-refractivity contribution in [2.24, 2.45) is 0 Å². The highest BCUT2D eigenvalue weighted by Gasteiger charge is 2.44. The molecule has 2 rings (SSSR count). The van der Waals surface area contributed by atoms with Gasteiger partial charge in [-0.2, -0.15) is 18.4 Å². The molecule has 0 N–H and O–H groups in total. The first kappa shape index (κ1) is 17.3. The first-order chi connectivity index (χ1) is 10.6. The number of carbonyl (C=O) groups excluding carboxylic acids is 1. The average Bonchev–Trinajstić information content (AvgIpc) is 2.43. The third kappa shape index (κ3) is 4.45. The quantitative estimate of drug-likeness (QED) is 0.782. The minimum atomic E-state index is -4.34. The zero-order valence-corrected chi connectivity index (χ0v) is 13.0. The Morgan fingerprint density at radius 2 is 1.91 bits per heavy atom. The summed E-state index contributed by atoms with van der Waals surface area (Å²) in [6.07, 6.45) is -3.99. The molecule has 0 aromatic heterocycles. The van der Waals surface area contributed by atoms with Gasteiger partial charge in [-0.3, -0.25) is 9.69 Å².